The van der Waals surface area contributed by atoms with Gasteiger partial charge in [0.05, 0.1) is 11.0 Å². The zero-order chi connectivity index (χ0) is 13.7. The number of anilines is 2. The second-order valence-electron chi connectivity index (χ2n) is 4.06. The molecule has 0 aliphatic rings. The van der Waals surface area contributed by atoms with Crippen LogP contribution in [-0.4, -0.2) is 9.97 Å². The molecule has 2 aromatic carbocycles. The average molecular weight is 275 g/mol. The van der Waals surface area contributed by atoms with Gasteiger partial charge in [-0.15, -0.1) is 0 Å². The quantitative estimate of drug-likeness (QED) is 0.468. The number of para-hydroxylation sites is 2. The molecule has 0 fully saturated rings. The van der Waals surface area contributed by atoms with E-state index in [9.17, 15) is 0 Å². The molecule has 0 saturated heterocycles. The Kier molecular flexibility index (Phi) is 4.26. The number of H-pyrrole nitrogens is 1. The van der Waals surface area contributed by atoms with Gasteiger partial charge < -0.3 is 10.7 Å². The molecule has 4 N–H and O–H groups in total. The number of aromatic nitrogens is 2. The van der Waals surface area contributed by atoms with Crippen LogP contribution in [0.1, 0.15) is 5.82 Å². The lowest BCUT2D eigenvalue weighted by Gasteiger charge is -1.95. The van der Waals surface area contributed by atoms with Gasteiger partial charge in [0, 0.05) is 23.2 Å². The minimum Gasteiger partial charge on any atom is -0.399 e. The molecule has 1 heterocycles. The van der Waals surface area contributed by atoms with Crippen molar-refractivity contribution in [1.29, 1.82) is 0 Å². The summed E-state index contributed by atoms with van der Waals surface area (Å²) in [6.07, 6.45) is 0. The summed E-state index contributed by atoms with van der Waals surface area (Å²) in [5.74, 6) is 0.973. The van der Waals surface area contributed by atoms with Crippen LogP contribution in [0.25, 0.3) is 11.0 Å². The second kappa shape index (κ2) is 6.11. The van der Waals surface area contributed by atoms with Gasteiger partial charge in [-0.05, 0) is 43.3 Å². The molecular formula is C14H15ClN4. The predicted octanol–water partition coefficient (Wildman–Crippen LogP) is 3.71. The molecular weight excluding hydrogens is 260 g/mol. The third-order valence-corrected chi connectivity index (χ3v) is 2.75. The van der Waals surface area contributed by atoms with Gasteiger partial charge in [0.25, 0.3) is 0 Å². The summed E-state index contributed by atoms with van der Waals surface area (Å²) in [6.45, 7) is 1.96. The molecule has 5 heteroatoms. The molecule has 0 radical (unpaired) electrons. The van der Waals surface area contributed by atoms with E-state index in [1.54, 1.807) is 12.1 Å². The van der Waals surface area contributed by atoms with Gasteiger partial charge in [0.15, 0.2) is 0 Å². The molecule has 0 amide bonds. The van der Waals surface area contributed by atoms with E-state index < -0.39 is 0 Å². The Balaban J connectivity index is 0.000000141. The summed E-state index contributed by atoms with van der Waals surface area (Å²) in [5, 5.41) is 0. The largest absolute Gasteiger partial charge is 0.399 e. The van der Waals surface area contributed by atoms with Gasteiger partial charge in [-0.3, -0.25) is 4.84 Å². The number of hydrogen-bond donors (Lipinski definition) is 3. The molecule has 0 atom stereocenters. The van der Waals surface area contributed by atoms with Crippen molar-refractivity contribution in [1.82, 2.24) is 9.97 Å². The van der Waals surface area contributed by atoms with Crippen LogP contribution in [0, 0.1) is 6.92 Å². The number of aryl methyl sites for hydroxylation is 1. The van der Waals surface area contributed by atoms with Crippen molar-refractivity contribution in [2.24, 2.45) is 0 Å². The predicted molar refractivity (Wildman–Crippen MR) is 81.2 cm³/mol. The van der Waals surface area contributed by atoms with Crippen LogP contribution in [0.2, 0.25) is 0 Å². The Morgan fingerprint density at radius 3 is 2.42 bits per heavy atom. The number of nitrogens with zero attached hydrogens (tertiary/aromatic N) is 1. The normalized spacial score (nSPS) is 9.79. The number of halogens is 1. The summed E-state index contributed by atoms with van der Waals surface area (Å²) in [5.41, 5.74) is 9.16. The lowest BCUT2D eigenvalue weighted by Crippen LogP contribution is -1.84. The lowest BCUT2D eigenvalue weighted by atomic mass is 10.3. The fourth-order valence-electron chi connectivity index (χ4n) is 1.63. The van der Waals surface area contributed by atoms with E-state index in [1.165, 1.54) is 0 Å². The van der Waals surface area contributed by atoms with Crippen molar-refractivity contribution < 1.29 is 0 Å². The van der Waals surface area contributed by atoms with Crippen LogP contribution < -0.4 is 10.6 Å². The molecule has 98 valence electrons. The number of nitrogens with two attached hydrogens (primary N) is 1. The first-order valence-corrected chi connectivity index (χ1v) is 6.20. The van der Waals surface area contributed by atoms with E-state index in [-0.39, 0.29) is 0 Å². The standard InChI is InChI=1S/C8H8N2.C6H7ClN2/c1-6-9-7-4-2-3-5-8(7)10-6;7-9-6-3-1-5(8)2-4-6/h2-5H,1H3,(H,9,10);1-4,9H,8H2. The Labute approximate surface area is 116 Å². The molecule has 4 nitrogen and oxygen atoms in total. The summed E-state index contributed by atoms with van der Waals surface area (Å²) < 4.78 is 0. The van der Waals surface area contributed by atoms with E-state index in [2.05, 4.69) is 14.8 Å². The number of hydrogen-bond acceptors (Lipinski definition) is 3. The van der Waals surface area contributed by atoms with Crippen LogP contribution in [0.15, 0.2) is 48.5 Å². The van der Waals surface area contributed by atoms with Crippen molar-refractivity contribution in [3.05, 3.63) is 54.4 Å². The molecule has 3 aromatic rings. The third kappa shape index (κ3) is 3.63. The second-order valence-corrected chi connectivity index (χ2v) is 4.24. The molecule has 19 heavy (non-hydrogen) atoms. The first kappa shape index (κ1) is 13.2. The Hall–Kier alpha value is -2.20. The van der Waals surface area contributed by atoms with Crippen molar-refractivity contribution >= 4 is 34.2 Å². The maximum Gasteiger partial charge on any atom is 0.104 e. The van der Waals surface area contributed by atoms with E-state index in [0.29, 0.717) is 0 Å². The number of fused-ring (bicyclic) bond motifs is 1. The average Bonchev–Trinajstić information content (AvgIpc) is 2.80. The molecule has 0 unspecified atom stereocenters. The maximum absolute atomic E-state index is 5.41. The van der Waals surface area contributed by atoms with Crippen molar-refractivity contribution in [2.75, 3.05) is 10.6 Å². The van der Waals surface area contributed by atoms with E-state index in [1.807, 2.05) is 43.3 Å². The zero-order valence-electron chi connectivity index (χ0n) is 10.5. The molecule has 0 saturated carbocycles. The summed E-state index contributed by atoms with van der Waals surface area (Å²) >= 11 is 5.29. The molecule has 0 aliphatic heterocycles. The Morgan fingerprint density at radius 1 is 1.11 bits per heavy atom. The fourth-order valence-corrected chi connectivity index (χ4v) is 1.75. The number of nitrogen functional groups attached to an aromatic ring is 1. The minimum absolute atomic E-state index is 0.741. The minimum atomic E-state index is 0.741. The van der Waals surface area contributed by atoms with Crippen LogP contribution in [0.4, 0.5) is 11.4 Å². The first-order valence-electron chi connectivity index (χ1n) is 5.82. The van der Waals surface area contributed by atoms with Crippen LogP contribution in [0.5, 0.6) is 0 Å². The number of aromatic amines is 1. The molecule has 0 bridgehead atoms. The van der Waals surface area contributed by atoms with E-state index in [0.717, 1.165) is 28.2 Å². The Morgan fingerprint density at radius 2 is 1.79 bits per heavy atom. The number of benzene rings is 2. The maximum atomic E-state index is 5.41. The van der Waals surface area contributed by atoms with Gasteiger partial charge in [0.1, 0.15) is 5.82 Å². The van der Waals surface area contributed by atoms with Crippen molar-refractivity contribution in [2.45, 2.75) is 6.92 Å². The monoisotopic (exact) mass is 274 g/mol. The lowest BCUT2D eigenvalue weighted by molar-refractivity contribution is 1.17. The highest BCUT2D eigenvalue weighted by Gasteiger charge is 1.94. The van der Waals surface area contributed by atoms with Gasteiger partial charge in [0.2, 0.25) is 0 Å². The molecule has 1 aromatic heterocycles. The number of rotatable bonds is 1. The highest BCUT2D eigenvalue weighted by atomic mass is 35.5. The SMILES string of the molecule is Cc1nc2ccccc2[nH]1.Nc1ccc(NCl)cc1. The van der Waals surface area contributed by atoms with Crippen LogP contribution in [0.3, 0.4) is 0 Å². The third-order valence-electron chi connectivity index (χ3n) is 2.53. The zero-order valence-corrected chi connectivity index (χ0v) is 11.3. The molecule has 3 rings (SSSR count). The van der Waals surface area contributed by atoms with E-state index in [4.69, 9.17) is 17.5 Å². The number of imidazole rings is 1. The van der Waals surface area contributed by atoms with Crippen LogP contribution >= 0.6 is 11.8 Å². The molecule has 0 aliphatic carbocycles. The van der Waals surface area contributed by atoms with Crippen LogP contribution in [-0.2, 0) is 0 Å². The summed E-state index contributed by atoms with van der Waals surface area (Å²) in [4.78, 5) is 9.88. The highest BCUT2D eigenvalue weighted by molar-refractivity contribution is 6.23. The van der Waals surface area contributed by atoms with Gasteiger partial charge in [-0.1, -0.05) is 12.1 Å². The van der Waals surface area contributed by atoms with E-state index >= 15 is 0 Å². The topological polar surface area (TPSA) is 66.7 Å². The smallest absolute Gasteiger partial charge is 0.104 e. The van der Waals surface area contributed by atoms with Gasteiger partial charge >= 0.3 is 0 Å². The van der Waals surface area contributed by atoms with Gasteiger partial charge in [-0.2, -0.15) is 0 Å². The van der Waals surface area contributed by atoms with Crippen molar-refractivity contribution in [3.63, 3.8) is 0 Å². The number of nitrogens with one attached hydrogen (secondary N) is 2. The first-order chi connectivity index (χ1) is 9.19. The summed E-state index contributed by atoms with van der Waals surface area (Å²) in [7, 11) is 0. The summed E-state index contributed by atoms with van der Waals surface area (Å²) in [6, 6.07) is 15.2. The van der Waals surface area contributed by atoms with Crippen molar-refractivity contribution in [3.8, 4) is 0 Å². The highest BCUT2D eigenvalue weighted by Crippen LogP contribution is 2.10. The Bertz CT molecular complexity index is 613. The molecule has 0 spiro atoms. The fraction of sp³-hybridized carbons (Fsp3) is 0.0714. The van der Waals surface area contributed by atoms with Gasteiger partial charge in [-0.25, -0.2) is 4.98 Å².